The molecule has 0 aliphatic carbocycles. The topological polar surface area (TPSA) is 27.1 Å². The second kappa shape index (κ2) is 4.13. The molecule has 1 fully saturated rings. The summed E-state index contributed by atoms with van der Waals surface area (Å²) in [6.45, 7) is 3.27. The van der Waals surface area contributed by atoms with Crippen molar-refractivity contribution in [3.05, 3.63) is 22.4 Å². The summed E-state index contributed by atoms with van der Waals surface area (Å²) in [5, 5.41) is 10.00. The Morgan fingerprint density at radius 2 is 2.50 bits per heavy atom. The fourth-order valence-corrected chi connectivity index (χ4v) is 3.02. The summed E-state index contributed by atoms with van der Waals surface area (Å²) < 4.78 is 0. The maximum Gasteiger partial charge on any atom is 0.0963 e. The zero-order valence-corrected chi connectivity index (χ0v) is 9.31. The first-order valence-electron chi connectivity index (χ1n) is 5.20. The van der Waals surface area contributed by atoms with Gasteiger partial charge in [-0.2, -0.15) is 0 Å². The molecular weight excluding hydrogens is 192 g/mol. The van der Waals surface area contributed by atoms with Gasteiger partial charge >= 0.3 is 0 Å². The van der Waals surface area contributed by atoms with Gasteiger partial charge in [-0.15, -0.1) is 11.3 Å². The predicted octanol–water partition coefficient (Wildman–Crippen LogP) is 3.27. The number of nitrogens with one attached hydrogen (secondary N) is 1. The highest BCUT2D eigenvalue weighted by Gasteiger charge is 2.25. The van der Waals surface area contributed by atoms with Crippen LogP contribution in [0.15, 0.2) is 17.5 Å². The third-order valence-corrected chi connectivity index (χ3v) is 3.77. The van der Waals surface area contributed by atoms with Gasteiger partial charge < -0.3 is 4.90 Å². The summed E-state index contributed by atoms with van der Waals surface area (Å²) in [4.78, 5) is 3.66. The molecule has 1 N–H and O–H groups in total. The highest BCUT2D eigenvalue weighted by molar-refractivity contribution is 7.10. The normalized spacial score (nSPS) is 18.9. The van der Waals surface area contributed by atoms with E-state index < -0.39 is 0 Å². The Morgan fingerprint density at radius 1 is 1.64 bits per heavy atom. The standard InChI is InChI=1S/C11H16N2S/c1-2-9(10-5-4-8-14-10)13-7-3-6-11(13)12/h4-5,8-9,12H,2-3,6-7H2,1H3. The number of hydrogen-bond donors (Lipinski definition) is 1. The highest BCUT2D eigenvalue weighted by atomic mass is 32.1. The van der Waals surface area contributed by atoms with E-state index in [1.807, 2.05) is 0 Å². The van der Waals surface area contributed by atoms with Crippen molar-refractivity contribution >= 4 is 17.2 Å². The number of rotatable bonds is 3. The minimum Gasteiger partial charge on any atom is -0.353 e. The molecule has 1 atom stereocenters. The van der Waals surface area contributed by atoms with E-state index in [9.17, 15) is 0 Å². The first kappa shape index (κ1) is 9.71. The van der Waals surface area contributed by atoms with Crippen molar-refractivity contribution in [2.75, 3.05) is 6.54 Å². The van der Waals surface area contributed by atoms with E-state index >= 15 is 0 Å². The van der Waals surface area contributed by atoms with Crippen LogP contribution in [0.25, 0.3) is 0 Å². The van der Waals surface area contributed by atoms with E-state index in [0.717, 1.165) is 31.6 Å². The molecule has 1 saturated heterocycles. The second-order valence-corrected chi connectivity index (χ2v) is 4.66. The Hall–Kier alpha value is -0.830. The van der Waals surface area contributed by atoms with E-state index in [4.69, 9.17) is 5.41 Å². The Labute approximate surface area is 89.1 Å². The minimum absolute atomic E-state index is 0.449. The van der Waals surface area contributed by atoms with Gasteiger partial charge in [0.2, 0.25) is 0 Å². The van der Waals surface area contributed by atoms with E-state index in [2.05, 4.69) is 29.3 Å². The molecule has 0 saturated carbocycles. The van der Waals surface area contributed by atoms with Crippen LogP contribution < -0.4 is 0 Å². The van der Waals surface area contributed by atoms with Gasteiger partial charge in [-0.3, -0.25) is 5.41 Å². The first-order chi connectivity index (χ1) is 6.83. The number of thiophene rings is 1. The van der Waals surface area contributed by atoms with Crippen molar-refractivity contribution < 1.29 is 0 Å². The maximum absolute atomic E-state index is 7.87. The van der Waals surface area contributed by atoms with Crippen LogP contribution in [0.3, 0.4) is 0 Å². The Kier molecular flexibility index (Phi) is 2.87. The van der Waals surface area contributed by atoms with Crippen molar-refractivity contribution in [1.82, 2.24) is 4.90 Å². The van der Waals surface area contributed by atoms with Crippen molar-refractivity contribution in [3.8, 4) is 0 Å². The number of nitrogens with zero attached hydrogens (tertiary/aromatic N) is 1. The van der Waals surface area contributed by atoms with Gasteiger partial charge in [-0.05, 0) is 24.3 Å². The number of amidine groups is 1. The molecular formula is C11H16N2S. The Balaban J connectivity index is 2.17. The minimum atomic E-state index is 0.449. The summed E-state index contributed by atoms with van der Waals surface area (Å²) in [7, 11) is 0. The lowest BCUT2D eigenvalue weighted by Gasteiger charge is -2.27. The van der Waals surface area contributed by atoms with Gasteiger partial charge in [0, 0.05) is 17.8 Å². The highest BCUT2D eigenvalue weighted by Crippen LogP contribution is 2.31. The Bertz CT molecular complexity index is 305. The predicted molar refractivity (Wildman–Crippen MR) is 61.0 cm³/mol. The molecule has 2 heterocycles. The SMILES string of the molecule is CCC(c1cccs1)N1CCCC1=N. The van der Waals surface area contributed by atoms with Crippen molar-refractivity contribution in [1.29, 1.82) is 5.41 Å². The zero-order valence-electron chi connectivity index (χ0n) is 8.49. The van der Waals surface area contributed by atoms with Gasteiger partial charge in [-0.1, -0.05) is 13.0 Å². The van der Waals surface area contributed by atoms with Gasteiger partial charge in [-0.25, -0.2) is 0 Å². The van der Waals surface area contributed by atoms with Crippen LogP contribution in [0.4, 0.5) is 0 Å². The van der Waals surface area contributed by atoms with Crippen LogP contribution in [0.2, 0.25) is 0 Å². The third kappa shape index (κ3) is 1.69. The van der Waals surface area contributed by atoms with E-state index in [1.54, 1.807) is 11.3 Å². The summed E-state index contributed by atoms with van der Waals surface area (Å²) in [5.74, 6) is 0.824. The molecule has 2 nitrogen and oxygen atoms in total. The fourth-order valence-electron chi connectivity index (χ4n) is 2.10. The molecule has 1 unspecified atom stereocenters. The zero-order chi connectivity index (χ0) is 9.97. The van der Waals surface area contributed by atoms with Gasteiger partial charge in [0.1, 0.15) is 0 Å². The van der Waals surface area contributed by atoms with Crippen LogP contribution in [0, 0.1) is 5.41 Å². The van der Waals surface area contributed by atoms with Crippen molar-refractivity contribution in [3.63, 3.8) is 0 Å². The molecule has 3 heteroatoms. The van der Waals surface area contributed by atoms with E-state index in [0.29, 0.717) is 6.04 Å². The summed E-state index contributed by atoms with van der Waals surface area (Å²) >= 11 is 1.81. The van der Waals surface area contributed by atoms with Crippen molar-refractivity contribution in [2.24, 2.45) is 0 Å². The number of hydrogen-bond acceptors (Lipinski definition) is 2. The molecule has 0 amide bonds. The lowest BCUT2D eigenvalue weighted by atomic mass is 10.1. The molecule has 1 aromatic heterocycles. The molecule has 76 valence electrons. The molecule has 14 heavy (non-hydrogen) atoms. The third-order valence-electron chi connectivity index (χ3n) is 2.79. The molecule has 2 rings (SSSR count). The number of likely N-dealkylation sites (tertiary alicyclic amines) is 1. The van der Waals surface area contributed by atoms with E-state index in [-0.39, 0.29) is 0 Å². The summed E-state index contributed by atoms with van der Waals surface area (Å²) in [5.41, 5.74) is 0. The summed E-state index contributed by atoms with van der Waals surface area (Å²) in [6.07, 6.45) is 3.21. The monoisotopic (exact) mass is 208 g/mol. The molecule has 0 spiro atoms. The van der Waals surface area contributed by atoms with Crippen molar-refractivity contribution in [2.45, 2.75) is 32.2 Å². The molecule has 1 aliphatic rings. The quantitative estimate of drug-likeness (QED) is 0.811. The average molecular weight is 208 g/mol. The molecule has 0 aromatic carbocycles. The summed E-state index contributed by atoms with van der Waals surface area (Å²) in [6, 6.07) is 4.73. The first-order valence-corrected chi connectivity index (χ1v) is 6.08. The lowest BCUT2D eigenvalue weighted by Crippen LogP contribution is -2.28. The average Bonchev–Trinajstić information content (AvgIpc) is 2.80. The van der Waals surface area contributed by atoms with Gasteiger partial charge in [0.25, 0.3) is 0 Å². The van der Waals surface area contributed by atoms with Gasteiger partial charge in [0.05, 0.1) is 11.9 Å². The largest absolute Gasteiger partial charge is 0.353 e. The van der Waals surface area contributed by atoms with Crippen LogP contribution >= 0.6 is 11.3 Å². The van der Waals surface area contributed by atoms with E-state index in [1.165, 1.54) is 4.88 Å². The lowest BCUT2D eigenvalue weighted by molar-refractivity contribution is 0.335. The maximum atomic E-state index is 7.87. The molecule has 1 aliphatic heterocycles. The van der Waals surface area contributed by atoms with Gasteiger partial charge in [0.15, 0.2) is 0 Å². The van der Waals surface area contributed by atoms with Crippen LogP contribution in [-0.2, 0) is 0 Å². The molecule has 0 bridgehead atoms. The second-order valence-electron chi connectivity index (χ2n) is 3.68. The molecule has 0 radical (unpaired) electrons. The smallest absolute Gasteiger partial charge is 0.0963 e. The van der Waals surface area contributed by atoms with Crippen LogP contribution in [0.5, 0.6) is 0 Å². The molecule has 1 aromatic rings. The fraction of sp³-hybridized carbons (Fsp3) is 0.545. The Morgan fingerprint density at radius 3 is 3.00 bits per heavy atom. The van der Waals surface area contributed by atoms with Crippen LogP contribution in [0.1, 0.15) is 37.1 Å². The van der Waals surface area contributed by atoms with Crippen LogP contribution in [-0.4, -0.2) is 17.3 Å².